The number of halogens is 2. The zero-order valence-electron chi connectivity index (χ0n) is 13.2. The average molecular weight is 485 g/mol. The van der Waals surface area contributed by atoms with Crippen LogP contribution in [0.5, 0.6) is 5.75 Å². The van der Waals surface area contributed by atoms with Gasteiger partial charge in [0.1, 0.15) is 5.75 Å². The number of carbonyl (C=O) groups excluding carboxylic acids is 1. The van der Waals surface area contributed by atoms with Crippen molar-refractivity contribution in [3.05, 3.63) is 67.4 Å². The molecular formula is C17H15Br2N3O2S. The molecule has 0 spiro atoms. The van der Waals surface area contributed by atoms with Crippen molar-refractivity contribution in [3.8, 4) is 5.75 Å². The van der Waals surface area contributed by atoms with Gasteiger partial charge in [-0.25, -0.2) is 5.43 Å². The summed E-state index contributed by atoms with van der Waals surface area (Å²) in [6, 6.07) is 12.6. The number of amides is 1. The quantitative estimate of drug-likeness (QED) is 0.339. The van der Waals surface area contributed by atoms with Crippen molar-refractivity contribution in [2.45, 2.75) is 0 Å². The molecule has 4 N–H and O–H groups in total. The minimum atomic E-state index is -0.387. The van der Waals surface area contributed by atoms with E-state index in [2.05, 4.69) is 42.4 Å². The molecule has 2 aromatic carbocycles. The minimum absolute atomic E-state index is 0.101. The number of carbonyl (C=O) groups is 1. The van der Waals surface area contributed by atoms with Gasteiger partial charge in [-0.05, 0) is 61.4 Å². The minimum Gasteiger partial charge on any atom is -0.506 e. The van der Waals surface area contributed by atoms with Crippen LogP contribution in [0.15, 0.2) is 61.4 Å². The number of hydrazone groups is 1. The van der Waals surface area contributed by atoms with E-state index < -0.39 is 0 Å². The van der Waals surface area contributed by atoms with Gasteiger partial charge < -0.3 is 10.8 Å². The Morgan fingerprint density at radius 1 is 1.24 bits per heavy atom. The maximum Gasteiger partial charge on any atom is 0.279 e. The lowest BCUT2D eigenvalue weighted by atomic mass is 10.1. The fourth-order valence-corrected chi connectivity index (χ4v) is 3.74. The number of nitrogens with one attached hydrogen (secondary N) is 1. The van der Waals surface area contributed by atoms with E-state index in [0.717, 1.165) is 5.56 Å². The van der Waals surface area contributed by atoms with Crippen molar-refractivity contribution in [1.82, 2.24) is 5.43 Å². The fraction of sp³-hybridized carbons (Fsp3) is 0.0588. The normalized spacial score (nSPS) is 12.1. The molecule has 1 amide bonds. The molecule has 0 aliphatic rings. The Bertz CT molecular complexity index is 816. The molecular weight excluding hydrogens is 470 g/mol. The number of nitrogens with two attached hydrogens (primary N) is 1. The standard InChI is InChI=1S/C17H15Br2N3O2S/c1-25-16(14(20)11-5-3-2-4-6-11)17(24)22-21-9-10-7-12(18)15(23)13(19)8-10/h2-9,23H,20H2,1H3,(H,22,24)/b16-14-,21-9+. The Morgan fingerprint density at radius 2 is 1.84 bits per heavy atom. The van der Waals surface area contributed by atoms with Crippen LogP contribution in [0.25, 0.3) is 5.70 Å². The second kappa shape index (κ2) is 9.07. The van der Waals surface area contributed by atoms with E-state index in [1.165, 1.54) is 18.0 Å². The summed E-state index contributed by atoms with van der Waals surface area (Å²) >= 11 is 7.74. The van der Waals surface area contributed by atoms with E-state index in [0.29, 0.717) is 25.1 Å². The van der Waals surface area contributed by atoms with Gasteiger partial charge in [-0.1, -0.05) is 30.3 Å². The summed E-state index contributed by atoms with van der Waals surface area (Å²) in [4.78, 5) is 12.7. The molecule has 0 aromatic heterocycles. The highest BCUT2D eigenvalue weighted by Gasteiger charge is 2.13. The first-order valence-corrected chi connectivity index (χ1v) is 9.85. The van der Waals surface area contributed by atoms with E-state index in [-0.39, 0.29) is 11.7 Å². The average Bonchev–Trinajstić information content (AvgIpc) is 2.61. The van der Waals surface area contributed by atoms with Gasteiger partial charge >= 0.3 is 0 Å². The van der Waals surface area contributed by atoms with Gasteiger partial charge in [-0.2, -0.15) is 5.10 Å². The molecule has 2 aromatic rings. The van der Waals surface area contributed by atoms with Crippen molar-refractivity contribution in [2.75, 3.05) is 6.26 Å². The highest BCUT2D eigenvalue weighted by molar-refractivity contribution is 9.11. The predicted molar refractivity (Wildman–Crippen MR) is 110 cm³/mol. The van der Waals surface area contributed by atoms with Crippen molar-refractivity contribution < 1.29 is 9.90 Å². The number of phenolic OH excluding ortho intramolecular Hbond substituents is 1. The summed E-state index contributed by atoms with van der Waals surface area (Å²) in [5.74, 6) is -0.286. The molecule has 0 saturated heterocycles. The highest BCUT2D eigenvalue weighted by Crippen LogP contribution is 2.32. The monoisotopic (exact) mass is 483 g/mol. The third-order valence-electron chi connectivity index (χ3n) is 3.16. The molecule has 25 heavy (non-hydrogen) atoms. The number of rotatable bonds is 5. The van der Waals surface area contributed by atoms with Crippen molar-refractivity contribution in [3.63, 3.8) is 0 Å². The molecule has 8 heteroatoms. The molecule has 0 bridgehead atoms. The molecule has 0 heterocycles. The zero-order chi connectivity index (χ0) is 18.4. The molecule has 0 aliphatic heterocycles. The number of benzene rings is 2. The summed E-state index contributed by atoms with van der Waals surface area (Å²) in [5, 5.41) is 13.6. The van der Waals surface area contributed by atoms with Crippen LogP contribution >= 0.6 is 43.6 Å². The highest BCUT2D eigenvalue weighted by atomic mass is 79.9. The lowest BCUT2D eigenvalue weighted by Gasteiger charge is -2.08. The summed E-state index contributed by atoms with van der Waals surface area (Å²) in [6.07, 6.45) is 3.26. The first kappa shape index (κ1) is 19.6. The van der Waals surface area contributed by atoms with Crippen LogP contribution in [0.3, 0.4) is 0 Å². The maximum absolute atomic E-state index is 12.3. The van der Waals surface area contributed by atoms with Crippen LogP contribution in [0.2, 0.25) is 0 Å². The summed E-state index contributed by atoms with van der Waals surface area (Å²) in [6.45, 7) is 0. The van der Waals surface area contributed by atoms with Crippen LogP contribution in [0.4, 0.5) is 0 Å². The van der Waals surface area contributed by atoms with E-state index in [9.17, 15) is 9.90 Å². The van der Waals surface area contributed by atoms with Crippen LogP contribution in [0, 0.1) is 0 Å². The third-order valence-corrected chi connectivity index (χ3v) is 5.18. The van der Waals surface area contributed by atoms with Gasteiger partial charge in [0, 0.05) is 0 Å². The Kier molecular flexibility index (Phi) is 7.10. The first-order chi connectivity index (χ1) is 11.9. The van der Waals surface area contributed by atoms with Crippen LogP contribution in [-0.4, -0.2) is 23.5 Å². The first-order valence-electron chi connectivity index (χ1n) is 7.04. The molecule has 0 fully saturated rings. The van der Waals surface area contributed by atoms with Gasteiger partial charge in [-0.3, -0.25) is 4.79 Å². The number of hydrogen-bond donors (Lipinski definition) is 3. The van der Waals surface area contributed by atoms with Gasteiger partial charge in [0.15, 0.2) is 0 Å². The number of phenols is 1. The smallest absolute Gasteiger partial charge is 0.279 e. The number of nitrogens with zero attached hydrogens (tertiary/aromatic N) is 1. The molecule has 0 unspecified atom stereocenters. The molecule has 0 radical (unpaired) electrons. The summed E-state index contributed by atoms with van der Waals surface area (Å²) in [7, 11) is 0. The zero-order valence-corrected chi connectivity index (χ0v) is 17.2. The van der Waals surface area contributed by atoms with Gasteiger partial charge in [0.2, 0.25) is 0 Å². The largest absolute Gasteiger partial charge is 0.506 e. The second-order valence-electron chi connectivity index (χ2n) is 4.85. The van der Waals surface area contributed by atoms with Crippen molar-refractivity contribution in [1.29, 1.82) is 0 Å². The van der Waals surface area contributed by atoms with E-state index in [1.807, 2.05) is 30.3 Å². The Labute approximate surface area is 166 Å². The van der Waals surface area contributed by atoms with E-state index in [1.54, 1.807) is 18.4 Å². The van der Waals surface area contributed by atoms with Crippen LogP contribution < -0.4 is 11.2 Å². The second-order valence-corrected chi connectivity index (χ2v) is 7.37. The van der Waals surface area contributed by atoms with Crippen molar-refractivity contribution >= 4 is 61.4 Å². The Morgan fingerprint density at radius 3 is 2.40 bits per heavy atom. The predicted octanol–water partition coefficient (Wildman–Crippen LogP) is 4.06. The lowest BCUT2D eigenvalue weighted by molar-refractivity contribution is -0.116. The Hall–Kier alpha value is -1.77. The third kappa shape index (κ3) is 5.10. The van der Waals surface area contributed by atoms with Gasteiger partial charge in [0.05, 0.1) is 25.8 Å². The van der Waals surface area contributed by atoms with Gasteiger partial charge in [0.25, 0.3) is 5.91 Å². The fourth-order valence-electron chi connectivity index (χ4n) is 1.95. The lowest BCUT2D eigenvalue weighted by Crippen LogP contribution is -2.21. The molecule has 130 valence electrons. The molecule has 0 saturated carbocycles. The topological polar surface area (TPSA) is 87.7 Å². The molecule has 0 atom stereocenters. The van der Waals surface area contributed by atoms with Gasteiger partial charge in [-0.15, -0.1) is 11.8 Å². The summed E-state index contributed by atoms with van der Waals surface area (Å²) < 4.78 is 1.04. The van der Waals surface area contributed by atoms with Crippen LogP contribution in [0.1, 0.15) is 11.1 Å². The molecule has 2 rings (SSSR count). The van der Waals surface area contributed by atoms with E-state index >= 15 is 0 Å². The van der Waals surface area contributed by atoms with E-state index in [4.69, 9.17) is 5.73 Å². The number of thioether (sulfide) groups is 1. The molecule has 5 nitrogen and oxygen atoms in total. The number of aromatic hydroxyl groups is 1. The summed E-state index contributed by atoms with van der Waals surface area (Å²) in [5.41, 5.74) is 10.4. The van der Waals surface area contributed by atoms with Crippen LogP contribution in [-0.2, 0) is 4.79 Å². The Balaban J connectivity index is 2.15. The maximum atomic E-state index is 12.3. The molecule has 0 aliphatic carbocycles. The number of hydrogen-bond acceptors (Lipinski definition) is 5. The SMILES string of the molecule is CS/C(C(=O)N/N=C/c1cc(Br)c(O)c(Br)c1)=C(\N)c1ccccc1. The van der Waals surface area contributed by atoms with Crippen molar-refractivity contribution in [2.24, 2.45) is 10.8 Å².